The highest BCUT2D eigenvalue weighted by molar-refractivity contribution is 9.10. The van der Waals surface area contributed by atoms with Crippen molar-refractivity contribution in [1.29, 1.82) is 0 Å². The van der Waals surface area contributed by atoms with Gasteiger partial charge in [-0.1, -0.05) is 17.7 Å². The third kappa shape index (κ3) is 2.80. The molecule has 2 aromatic rings. The van der Waals surface area contributed by atoms with Gasteiger partial charge in [0.2, 0.25) is 0 Å². The summed E-state index contributed by atoms with van der Waals surface area (Å²) in [4.78, 5) is 12.7. The molecule has 0 saturated carbocycles. The van der Waals surface area contributed by atoms with E-state index < -0.39 is 0 Å². The average Bonchev–Trinajstić information content (AvgIpc) is 2.36. The summed E-state index contributed by atoms with van der Waals surface area (Å²) in [5.74, 6) is 0.492. The van der Waals surface area contributed by atoms with E-state index in [1.54, 1.807) is 13.3 Å². The Labute approximate surface area is 112 Å². The van der Waals surface area contributed by atoms with Crippen molar-refractivity contribution in [2.24, 2.45) is 0 Å². The molecule has 0 aliphatic rings. The lowest BCUT2D eigenvalue weighted by Crippen LogP contribution is -2.00. The Balaban J connectivity index is 2.49. The Hall–Kier alpha value is -1.04. The van der Waals surface area contributed by atoms with E-state index in [-0.39, 0.29) is 0 Å². The predicted octanol–water partition coefficient (Wildman–Crippen LogP) is 3.10. The van der Waals surface area contributed by atoms with Crippen LogP contribution in [0.5, 0.6) is 0 Å². The molecule has 2 heterocycles. The smallest absolute Gasteiger partial charge is 0.179 e. The van der Waals surface area contributed by atoms with Gasteiger partial charge in [0.05, 0.1) is 16.8 Å². The summed E-state index contributed by atoms with van der Waals surface area (Å²) < 4.78 is 5.71. The largest absolute Gasteiger partial charge is 0.378 e. The highest BCUT2D eigenvalue weighted by Crippen LogP contribution is 2.26. The second kappa shape index (κ2) is 5.53. The van der Waals surface area contributed by atoms with Gasteiger partial charge in [-0.05, 0) is 28.1 Å². The third-order valence-electron chi connectivity index (χ3n) is 2.05. The summed E-state index contributed by atoms with van der Waals surface area (Å²) in [7, 11) is 1.60. The number of hydrogen-bond donors (Lipinski definition) is 0. The van der Waals surface area contributed by atoms with Crippen LogP contribution in [0.2, 0.25) is 5.15 Å². The molecule has 0 aliphatic heterocycles. The Kier molecular flexibility index (Phi) is 4.04. The van der Waals surface area contributed by atoms with Crippen molar-refractivity contribution in [3.8, 4) is 11.5 Å². The van der Waals surface area contributed by atoms with Gasteiger partial charge in [0.25, 0.3) is 0 Å². The highest BCUT2D eigenvalue weighted by atomic mass is 79.9. The van der Waals surface area contributed by atoms with Crippen LogP contribution in [0, 0.1) is 0 Å². The van der Waals surface area contributed by atoms with Gasteiger partial charge in [0, 0.05) is 13.3 Å². The standard InChI is InChI=1S/C11H9BrClN3O/c1-17-6-8-9(12)10(13)16-11(15-8)7-4-2-3-5-14-7/h2-5H,6H2,1H3. The summed E-state index contributed by atoms with van der Waals surface area (Å²) in [6, 6.07) is 5.54. The van der Waals surface area contributed by atoms with Crippen molar-refractivity contribution in [1.82, 2.24) is 15.0 Å². The molecule has 17 heavy (non-hydrogen) atoms. The van der Waals surface area contributed by atoms with Gasteiger partial charge in [0.1, 0.15) is 10.8 Å². The third-order valence-corrected chi connectivity index (χ3v) is 3.39. The van der Waals surface area contributed by atoms with E-state index in [1.165, 1.54) is 0 Å². The number of nitrogens with zero attached hydrogens (tertiary/aromatic N) is 3. The van der Waals surface area contributed by atoms with Crippen LogP contribution in [0.25, 0.3) is 11.5 Å². The normalized spacial score (nSPS) is 10.5. The molecule has 6 heteroatoms. The van der Waals surface area contributed by atoms with Gasteiger partial charge in [-0.3, -0.25) is 4.98 Å². The summed E-state index contributed by atoms with van der Waals surface area (Å²) in [6.45, 7) is 0.364. The molecule has 0 radical (unpaired) electrons. The minimum atomic E-state index is 0.354. The molecule has 0 saturated heterocycles. The molecule has 2 aromatic heterocycles. The van der Waals surface area contributed by atoms with E-state index in [0.717, 1.165) is 0 Å². The molecular weight excluding hydrogens is 305 g/mol. The van der Waals surface area contributed by atoms with Crippen LogP contribution >= 0.6 is 27.5 Å². The van der Waals surface area contributed by atoms with Crippen molar-refractivity contribution in [3.63, 3.8) is 0 Å². The average molecular weight is 315 g/mol. The second-order valence-corrected chi connectivity index (χ2v) is 4.40. The first-order valence-electron chi connectivity index (χ1n) is 4.84. The van der Waals surface area contributed by atoms with Gasteiger partial charge in [-0.25, -0.2) is 9.97 Å². The maximum absolute atomic E-state index is 6.02. The van der Waals surface area contributed by atoms with E-state index in [0.29, 0.717) is 33.4 Å². The quantitative estimate of drug-likeness (QED) is 0.817. The molecule has 0 bridgehead atoms. The van der Waals surface area contributed by atoms with Gasteiger partial charge in [0.15, 0.2) is 5.82 Å². The van der Waals surface area contributed by atoms with Crippen molar-refractivity contribution in [2.45, 2.75) is 6.61 Å². The first-order chi connectivity index (χ1) is 8.22. The second-order valence-electron chi connectivity index (χ2n) is 3.25. The molecule has 0 aromatic carbocycles. The van der Waals surface area contributed by atoms with Crippen LogP contribution in [0.3, 0.4) is 0 Å². The van der Waals surface area contributed by atoms with Crippen LogP contribution in [-0.4, -0.2) is 22.1 Å². The highest BCUT2D eigenvalue weighted by Gasteiger charge is 2.12. The lowest BCUT2D eigenvalue weighted by Gasteiger charge is -2.06. The predicted molar refractivity (Wildman–Crippen MR) is 68.7 cm³/mol. The first-order valence-corrected chi connectivity index (χ1v) is 6.01. The summed E-state index contributed by atoms with van der Waals surface area (Å²) in [5.41, 5.74) is 1.38. The number of rotatable bonds is 3. The van der Waals surface area contributed by atoms with Crippen LogP contribution in [0.4, 0.5) is 0 Å². The van der Waals surface area contributed by atoms with E-state index in [4.69, 9.17) is 16.3 Å². The van der Waals surface area contributed by atoms with Crippen molar-refractivity contribution in [2.75, 3.05) is 7.11 Å². The fraction of sp³-hybridized carbons (Fsp3) is 0.182. The van der Waals surface area contributed by atoms with Crippen molar-refractivity contribution >= 4 is 27.5 Å². The zero-order chi connectivity index (χ0) is 12.3. The zero-order valence-electron chi connectivity index (χ0n) is 9.02. The number of halogens is 2. The number of hydrogen-bond acceptors (Lipinski definition) is 4. The summed E-state index contributed by atoms with van der Waals surface area (Å²) >= 11 is 9.35. The van der Waals surface area contributed by atoms with Crippen molar-refractivity contribution < 1.29 is 4.74 Å². The van der Waals surface area contributed by atoms with E-state index in [2.05, 4.69) is 30.9 Å². The number of aromatic nitrogens is 3. The van der Waals surface area contributed by atoms with Gasteiger partial charge >= 0.3 is 0 Å². The van der Waals surface area contributed by atoms with Crippen LogP contribution in [-0.2, 0) is 11.3 Å². The lowest BCUT2D eigenvalue weighted by atomic mass is 10.3. The Morgan fingerprint density at radius 1 is 1.35 bits per heavy atom. The Morgan fingerprint density at radius 3 is 2.82 bits per heavy atom. The van der Waals surface area contributed by atoms with Crippen LogP contribution < -0.4 is 0 Å². The maximum atomic E-state index is 6.02. The fourth-order valence-electron chi connectivity index (χ4n) is 1.30. The topological polar surface area (TPSA) is 47.9 Å². The number of methoxy groups -OCH3 is 1. The molecule has 0 spiro atoms. The van der Waals surface area contributed by atoms with E-state index in [1.807, 2.05) is 18.2 Å². The summed E-state index contributed by atoms with van der Waals surface area (Å²) in [5, 5.41) is 0.354. The molecule has 0 atom stereocenters. The molecule has 0 fully saturated rings. The molecule has 0 N–H and O–H groups in total. The van der Waals surface area contributed by atoms with E-state index >= 15 is 0 Å². The van der Waals surface area contributed by atoms with E-state index in [9.17, 15) is 0 Å². The molecule has 0 unspecified atom stereocenters. The monoisotopic (exact) mass is 313 g/mol. The first kappa shape index (κ1) is 12.4. The lowest BCUT2D eigenvalue weighted by molar-refractivity contribution is 0.181. The van der Waals surface area contributed by atoms with Gasteiger partial charge < -0.3 is 4.74 Å². The van der Waals surface area contributed by atoms with Gasteiger partial charge in [-0.2, -0.15) is 0 Å². The fourth-order valence-corrected chi connectivity index (χ4v) is 1.79. The number of ether oxygens (including phenoxy) is 1. The molecular formula is C11H9BrClN3O. The molecule has 0 amide bonds. The maximum Gasteiger partial charge on any atom is 0.179 e. The van der Waals surface area contributed by atoms with Crippen LogP contribution in [0.15, 0.2) is 28.9 Å². The zero-order valence-corrected chi connectivity index (χ0v) is 11.4. The van der Waals surface area contributed by atoms with Crippen molar-refractivity contribution in [3.05, 3.63) is 39.7 Å². The Bertz CT molecular complexity index is 522. The number of pyridine rings is 1. The van der Waals surface area contributed by atoms with Gasteiger partial charge in [-0.15, -0.1) is 0 Å². The molecule has 88 valence electrons. The molecule has 2 rings (SSSR count). The molecule has 0 aliphatic carbocycles. The minimum absolute atomic E-state index is 0.354. The Morgan fingerprint density at radius 2 is 2.18 bits per heavy atom. The molecule has 4 nitrogen and oxygen atoms in total. The SMILES string of the molecule is COCc1nc(-c2ccccn2)nc(Cl)c1Br. The summed E-state index contributed by atoms with van der Waals surface area (Å²) in [6.07, 6.45) is 1.69. The minimum Gasteiger partial charge on any atom is -0.378 e. The van der Waals surface area contributed by atoms with Crippen LogP contribution in [0.1, 0.15) is 5.69 Å².